The fraction of sp³-hybridized carbons (Fsp3) is 0.278. The zero-order valence-electron chi connectivity index (χ0n) is 15.2. The first kappa shape index (κ1) is 19.2. The van der Waals surface area contributed by atoms with E-state index in [1.54, 1.807) is 23.0 Å². The van der Waals surface area contributed by atoms with Crippen LogP contribution in [-0.4, -0.2) is 45.5 Å². The largest absolute Gasteiger partial charge is 0.389 e. The number of aromatic amines is 1. The first-order chi connectivity index (χ1) is 13.7. The van der Waals surface area contributed by atoms with Gasteiger partial charge < -0.3 is 20.9 Å². The molecule has 0 aromatic carbocycles. The van der Waals surface area contributed by atoms with Gasteiger partial charge in [0, 0.05) is 42.3 Å². The second-order valence-electron chi connectivity index (χ2n) is 6.83. The van der Waals surface area contributed by atoms with E-state index in [1.165, 1.54) is 29.5 Å². The van der Waals surface area contributed by atoms with Gasteiger partial charge in [0.05, 0.1) is 28.9 Å². The van der Waals surface area contributed by atoms with Crippen molar-refractivity contribution in [1.29, 1.82) is 0 Å². The smallest absolute Gasteiger partial charge is 0.384 e. The number of H-pyrrole nitrogens is 1. The molecule has 152 valence electrons. The normalized spacial score (nSPS) is 16.8. The monoisotopic (exact) mass is 422 g/mol. The highest BCUT2D eigenvalue weighted by atomic mass is 32.1. The molecule has 3 aromatic rings. The summed E-state index contributed by atoms with van der Waals surface area (Å²) in [5, 5.41) is 4.84. The van der Waals surface area contributed by atoms with Crippen molar-refractivity contribution in [3.8, 4) is 11.3 Å². The van der Waals surface area contributed by atoms with E-state index >= 15 is 0 Å². The molecule has 1 amide bonds. The fourth-order valence-electron chi connectivity index (χ4n) is 3.54. The third-order valence-corrected chi connectivity index (χ3v) is 5.31. The Bertz CT molecular complexity index is 1050. The van der Waals surface area contributed by atoms with Crippen LogP contribution in [0.4, 0.5) is 30.5 Å². The lowest BCUT2D eigenvalue weighted by Gasteiger charge is -2.30. The van der Waals surface area contributed by atoms with E-state index in [-0.39, 0.29) is 29.5 Å². The standard InChI is InChI=1S/C18H17F3N6OS/c1-27-6-10(5-18(19,20)21)14-13(17(27)28)16(25-12-7-29-8-24-12)15(26-14)9-2-3-23-11(22)4-9/h2-4,7-8,10,25-26H,5-6H2,1H3,(H2,22,23)/t10-/m1/s1. The molecule has 0 saturated heterocycles. The summed E-state index contributed by atoms with van der Waals surface area (Å²) < 4.78 is 39.5. The van der Waals surface area contributed by atoms with E-state index in [4.69, 9.17) is 5.73 Å². The minimum atomic E-state index is -4.36. The van der Waals surface area contributed by atoms with Gasteiger partial charge in [-0.1, -0.05) is 0 Å². The predicted octanol–water partition coefficient (Wildman–Crippen LogP) is 3.98. The summed E-state index contributed by atoms with van der Waals surface area (Å²) in [6.07, 6.45) is -3.90. The van der Waals surface area contributed by atoms with E-state index in [1.807, 2.05) is 0 Å². The highest BCUT2D eigenvalue weighted by Gasteiger charge is 2.41. The molecule has 4 heterocycles. The SMILES string of the molecule is CN1C[C@@H](CC(F)(F)F)c2[nH]c(-c3ccnc(N)c3)c(Nc3cscn3)c2C1=O. The number of alkyl halides is 3. The van der Waals surface area contributed by atoms with Crippen LogP contribution in [0.15, 0.2) is 29.2 Å². The van der Waals surface area contributed by atoms with E-state index < -0.39 is 18.5 Å². The second kappa shape index (κ2) is 7.07. The molecule has 4 N–H and O–H groups in total. The molecule has 0 aliphatic carbocycles. The number of aromatic nitrogens is 3. The quantitative estimate of drug-likeness (QED) is 0.591. The topological polar surface area (TPSA) is 99.9 Å². The number of nitrogens with two attached hydrogens (primary N) is 1. The summed E-state index contributed by atoms with van der Waals surface area (Å²) >= 11 is 1.35. The average Bonchev–Trinajstić information content (AvgIpc) is 3.27. The number of nitrogen functional groups attached to an aromatic ring is 1. The van der Waals surface area contributed by atoms with Gasteiger partial charge in [-0.25, -0.2) is 9.97 Å². The minimum absolute atomic E-state index is 0.0279. The summed E-state index contributed by atoms with van der Waals surface area (Å²) in [7, 11) is 1.50. The lowest BCUT2D eigenvalue weighted by atomic mass is 9.92. The third kappa shape index (κ3) is 3.77. The van der Waals surface area contributed by atoms with Gasteiger partial charge in [0.15, 0.2) is 0 Å². The Hall–Kier alpha value is -3.08. The van der Waals surface area contributed by atoms with E-state index in [0.717, 1.165) is 0 Å². The van der Waals surface area contributed by atoms with Gasteiger partial charge in [-0.3, -0.25) is 4.79 Å². The third-order valence-electron chi connectivity index (χ3n) is 4.73. The number of fused-ring (bicyclic) bond motifs is 1. The maximum atomic E-state index is 13.2. The molecule has 0 unspecified atom stereocenters. The van der Waals surface area contributed by atoms with Crippen LogP contribution < -0.4 is 11.1 Å². The molecule has 0 radical (unpaired) electrons. The van der Waals surface area contributed by atoms with Crippen LogP contribution in [-0.2, 0) is 0 Å². The van der Waals surface area contributed by atoms with Gasteiger partial charge in [0.2, 0.25) is 0 Å². The van der Waals surface area contributed by atoms with Crippen molar-refractivity contribution in [2.24, 2.45) is 0 Å². The number of rotatable bonds is 4. The molecule has 1 atom stereocenters. The number of carbonyl (C=O) groups excluding carboxylic acids is 1. The Morgan fingerprint density at radius 1 is 1.41 bits per heavy atom. The van der Waals surface area contributed by atoms with Crippen LogP contribution in [0.2, 0.25) is 0 Å². The fourth-order valence-corrected chi connectivity index (χ4v) is 4.02. The number of amides is 1. The predicted molar refractivity (Wildman–Crippen MR) is 104 cm³/mol. The number of thiazole rings is 1. The maximum absolute atomic E-state index is 13.2. The molecule has 11 heteroatoms. The van der Waals surface area contributed by atoms with Crippen molar-refractivity contribution >= 4 is 34.6 Å². The molecule has 3 aromatic heterocycles. The lowest BCUT2D eigenvalue weighted by Crippen LogP contribution is -2.38. The molecule has 0 saturated carbocycles. The van der Waals surface area contributed by atoms with Crippen LogP contribution >= 0.6 is 11.3 Å². The number of hydrogen-bond donors (Lipinski definition) is 3. The maximum Gasteiger partial charge on any atom is 0.389 e. The number of hydrogen-bond acceptors (Lipinski definition) is 6. The van der Waals surface area contributed by atoms with E-state index in [0.29, 0.717) is 22.8 Å². The van der Waals surface area contributed by atoms with Gasteiger partial charge in [0.1, 0.15) is 11.6 Å². The number of carbonyl (C=O) groups is 1. The van der Waals surface area contributed by atoms with Gasteiger partial charge in [-0.15, -0.1) is 11.3 Å². The second-order valence-corrected chi connectivity index (χ2v) is 7.55. The zero-order chi connectivity index (χ0) is 20.8. The zero-order valence-corrected chi connectivity index (χ0v) is 16.1. The summed E-state index contributed by atoms with van der Waals surface area (Å²) in [6.45, 7) is -0.0279. The van der Waals surface area contributed by atoms with Gasteiger partial charge in [-0.2, -0.15) is 13.2 Å². The molecule has 1 aliphatic rings. The first-order valence-electron chi connectivity index (χ1n) is 8.68. The Kier molecular flexibility index (Phi) is 4.69. The Morgan fingerprint density at radius 3 is 2.86 bits per heavy atom. The van der Waals surface area contributed by atoms with Crippen molar-refractivity contribution in [1.82, 2.24) is 19.9 Å². The van der Waals surface area contributed by atoms with Gasteiger partial charge in [-0.05, 0) is 12.1 Å². The lowest BCUT2D eigenvalue weighted by molar-refractivity contribution is -0.139. The van der Waals surface area contributed by atoms with Crippen molar-refractivity contribution in [3.63, 3.8) is 0 Å². The van der Waals surface area contributed by atoms with Crippen LogP contribution in [0.5, 0.6) is 0 Å². The molecule has 0 fully saturated rings. The Balaban J connectivity index is 1.91. The van der Waals surface area contributed by atoms with Crippen molar-refractivity contribution in [2.45, 2.75) is 18.5 Å². The minimum Gasteiger partial charge on any atom is -0.384 e. The summed E-state index contributed by atoms with van der Waals surface area (Å²) in [5.41, 5.74) is 9.29. The van der Waals surface area contributed by atoms with Gasteiger partial charge >= 0.3 is 6.18 Å². The van der Waals surface area contributed by atoms with Crippen molar-refractivity contribution in [3.05, 3.63) is 40.5 Å². The van der Waals surface area contributed by atoms with Crippen molar-refractivity contribution in [2.75, 3.05) is 24.6 Å². The highest BCUT2D eigenvalue weighted by molar-refractivity contribution is 7.07. The van der Waals surface area contributed by atoms with E-state index in [2.05, 4.69) is 20.3 Å². The molecule has 7 nitrogen and oxygen atoms in total. The Morgan fingerprint density at radius 2 is 2.21 bits per heavy atom. The number of nitrogens with zero attached hydrogens (tertiary/aromatic N) is 3. The summed E-state index contributed by atoms with van der Waals surface area (Å²) in [4.78, 5) is 25.4. The summed E-state index contributed by atoms with van der Waals surface area (Å²) in [5.74, 6) is -0.518. The molecule has 1 aliphatic heterocycles. The van der Waals surface area contributed by atoms with Crippen molar-refractivity contribution < 1.29 is 18.0 Å². The Labute approximate surface area is 167 Å². The number of likely N-dealkylation sites (N-methyl/N-ethyl adjacent to an activating group) is 1. The molecule has 0 spiro atoms. The molecule has 29 heavy (non-hydrogen) atoms. The number of nitrogens with one attached hydrogen (secondary N) is 2. The number of pyridine rings is 1. The molecular weight excluding hydrogens is 405 g/mol. The average molecular weight is 422 g/mol. The molecular formula is C18H17F3N6OS. The molecule has 0 bridgehead atoms. The van der Waals surface area contributed by atoms with Gasteiger partial charge in [0.25, 0.3) is 5.91 Å². The van der Waals surface area contributed by atoms with Crippen LogP contribution in [0, 0.1) is 0 Å². The van der Waals surface area contributed by atoms with Crippen LogP contribution in [0.25, 0.3) is 11.3 Å². The highest BCUT2D eigenvalue weighted by Crippen LogP contribution is 2.44. The van der Waals surface area contributed by atoms with Crippen LogP contribution in [0.3, 0.4) is 0 Å². The first-order valence-corrected chi connectivity index (χ1v) is 9.62. The van der Waals surface area contributed by atoms with Crippen LogP contribution in [0.1, 0.15) is 28.4 Å². The van der Waals surface area contributed by atoms with E-state index in [9.17, 15) is 18.0 Å². The number of halogens is 3. The molecule has 4 rings (SSSR count). The summed E-state index contributed by atoms with van der Waals surface area (Å²) in [6, 6.07) is 3.27. The number of anilines is 3.